The lowest BCUT2D eigenvalue weighted by atomic mass is 9.93. The molecule has 5 aromatic rings. The molecule has 0 aliphatic carbocycles. The Kier molecular flexibility index (Phi) is 8.42. The number of esters is 1. The van der Waals surface area contributed by atoms with Crippen molar-refractivity contribution in [2.24, 2.45) is 4.99 Å². The minimum atomic E-state index is -0.790. The number of furan rings is 1. The maximum atomic E-state index is 14.1. The Hall–Kier alpha value is -3.87. The van der Waals surface area contributed by atoms with Crippen LogP contribution in [0.2, 0.25) is 0 Å². The second-order valence-electron chi connectivity index (χ2n) is 9.62. The maximum absolute atomic E-state index is 14.1. The summed E-state index contributed by atoms with van der Waals surface area (Å²) in [7, 11) is 1.56. The molecule has 43 heavy (non-hydrogen) atoms. The molecule has 0 saturated heterocycles. The van der Waals surface area contributed by atoms with E-state index in [1.807, 2.05) is 61.5 Å². The summed E-state index contributed by atoms with van der Waals surface area (Å²) in [5.41, 5.74) is 3.11. The average Bonchev–Trinajstić information content (AvgIpc) is 3.70. The number of thiazole rings is 1. The molecule has 0 unspecified atom stereocenters. The Morgan fingerprint density at radius 2 is 2.05 bits per heavy atom. The highest BCUT2D eigenvalue weighted by Gasteiger charge is 2.36. The number of hydrogen-bond acceptors (Lipinski definition) is 9. The Balaban J connectivity index is 1.45. The molecule has 220 valence electrons. The standard InChI is InChI=1S/C31H27BrN4O5S2/c1-4-8-22-26(29(38)40-5-2)27(19-15-17(32)11-13-23(19)39-3)36-28(37)24(42-31(36)35-22)16-18-12-14-25(41-18)43-30-33-20-9-6-7-10-21(20)34-30/h6-7,9-16,27H,4-5,8H2,1-3H3,(H,33,34)/b24-16+/t27-/m1/s1. The summed E-state index contributed by atoms with van der Waals surface area (Å²) < 4.78 is 20.0. The second kappa shape index (κ2) is 12.4. The topological polar surface area (TPSA) is 112 Å². The molecule has 1 atom stereocenters. The predicted molar refractivity (Wildman–Crippen MR) is 169 cm³/mol. The van der Waals surface area contributed by atoms with E-state index >= 15 is 0 Å². The number of para-hydroxylation sites is 2. The predicted octanol–water partition coefficient (Wildman–Crippen LogP) is 5.97. The number of fused-ring (bicyclic) bond motifs is 2. The van der Waals surface area contributed by atoms with Gasteiger partial charge in [-0.3, -0.25) is 9.36 Å². The summed E-state index contributed by atoms with van der Waals surface area (Å²) in [6, 6.07) is 16.2. The van der Waals surface area contributed by atoms with E-state index in [4.69, 9.17) is 18.9 Å². The van der Waals surface area contributed by atoms with Gasteiger partial charge in [0.05, 0.1) is 40.6 Å². The number of rotatable bonds is 9. The lowest BCUT2D eigenvalue weighted by molar-refractivity contribution is -0.139. The average molecular weight is 680 g/mol. The number of hydrogen-bond donors (Lipinski definition) is 1. The Morgan fingerprint density at radius 3 is 2.81 bits per heavy atom. The highest BCUT2D eigenvalue weighted by Crippen LogP contribution is 2.38. The molecule has 0 radical (unpaired) electrons. The third-order valence-corrected chi connectivity index (χ3v) is 9.10. The van der Waals surface area contributed by atoms with Crippen LogP contribution >= 0.6 is 39.0 Å². The fourth-order valence-electron chi connectivity index (χ4n) is 5.00. The van der Waals surface area contributed by atoms with Crippen LogP contribution in [0.5, 0.6) is 5.75 Å². The molecule has 1 aliphatic rings. The number of ether oxygens (including phenoxy) is 2. The first-order valence-corrected chi connectivity index (χ1v) is 16.1. The summed E-state index contributed by atoms with van der Waals surface area (Å²) >= 11 is 6.16. The smallest absolute Gasteiger partial charge is 0.338 e. The van der Waals surface area contributed by atoms with Crippen molar-refractivity contribution >= 4 is 62.1 Å². The van der Waals surface area contributed by atoms with E-state index < -0.39 is 12.0 Å². The van der Waals surface area contributed by atoms with Gasteiger partial charge >= 0.3 is 5.97 Å². The zero-order chi connectivity index (χ0) is 30.1. The van der Waals surface area contributed by atoms with Crippen LogP contribution in [0.3, 0.4) is 0 Å². The minimum absolute atomic E-state index is 0.196. The Labute approximate surface area is 263 Å². The van der Waals surface area contributed by atoms with Gasteiger partial charge in [-0.05, 0) is 67.6 Å². The minimum Gasteiger partial charge on any atom is -0.496 e. The van der Waals surface area contributed by atoms with Crippen molar-refractivity contribution in [3.05, 3.63) is 101 Å². The quantitative estimate of drug-likeness (QED) is 0.191. The van der Waals surface area contributed by atoms with Crippen LogP contribution < -0.4 is 19.6 Å². The zero-order valence-electron chi connectivity index (χ0n) is 23.5. The molecular formula is C31H27BrN4O5S2. The first-order valence-electron chi connectivity index (χ1n) is 13.7. The van der Waals surface area contributed by atoms with E-state index in [1.165, 1.54) is 23.1 Å². The van der Waals surface area contributed by atoms with Gasteiger partial charge in [0.25, 0.3) is 5.56 Å². The van der Waals surface area contributed by atoms with E-state index in [1.54, 1.807) is 24.7 Å². The molecule has 1 aliphatic heterocycles. The summed E-state index contributed by atoms with van der Waals surface area (Å²) in [6.07, 6.45) is 3.01. The molecular weight excluding hydrogens is 652 g/mol. The SMILES string of the molecule is CCCC1=C(C(=O)OCC)[C@@H](c2cc(Br)ccc2OC)n2c(s/c(=C/c3ccc(Sc4nc5ccccc5[nH]4)o3)c2=O)=N1. The van der Waals surface area contributed by atoms with E-state index in [0.717, 1.165) is 21.9 Å². The number of nitrogens with one attached hydrogen (secondary N) is 1. The first kappa shape index (κ1) is 29.2. The lowest BCUT2D eigenvalue weighted by Crippen LogP contribution is -2.40. The second-order valence-corrected chi connectivity index (χ2v) is 12.5. The summed E-state index contributed by atoms with van der Waals surface area (Å²) in [5.74, 6) is 0.550. The van der Waals surface area contributed by atoms with Gasteiger partial charge in [-0.2, -0.15) is 0 Å². The molecule has 0 bridgehead atoms. The third-order valence-electron chi connectivity index (χ3n) is 6.82. The summed E-state index contributed by atoms with van der Waals surface area (Å²) in [6.45, 7) is 3.97. The molecule has 2 aromatic carbocycles. The number of aromatic amines is 1. The van der Waals surface area contributed by atoms with Gasteiger partial charge in [-0.25, -0.2) is 14.8 Å². The number of carbonyl (C=O) groups is 1. The number of H-pyrrole nitrogens is 1. The number of carbonyl (C=O) groups excluding carboxylic acids is 1. The van der Waals surface area contributed by atoms with Crippen molar-refractivity contribution in [1.82, 2.24) is 14.5 Å². The van der Waals surface area contributed by atoms with Crippen LogP contribution in [-0.4, -0.2) is 34.2 Å². The van der Waals surface area contributed by atoms with Gasteiger partial charge in [0.1, 0.15) is 17.6 Å². The first-order chi connectivity index (χ1) is 20.9. The van der Waals surface area contributed by atoms with Crippen molar-refractivity contribution < 1.29 is 18.7 Å². The molecule has 4 heterocycles. The van der Waals surface area contributed by atoms with Gasteiger partial charge in [-0.15, -0.1) is 0 Å². The number of halogens is 1. The highest BCUT2D eigenvalue weighted by molar-refractivity contribution is 9.10. The van der Waals surface area contributed by atoms with Crippen LogP contribution in [0.1, 0.15) is 44.1 Å². The molecule has 1 N–H and O–H groups in total. The number of allylic oxidation sites excluding steroid dienone is 1. The molecule has 9 nitrogen and oxygen atoms in total. The van der Waals surface area contributed by atoms with Gasteiger partial charge in [0, 0.05) is 16.1 Å². The fraction of sp³-hybridized carbons (Fsp3) is 0.226. The van der Waals surface area contributed by atoms with Crippen LogP contribution in [0, 0.1) is 0 Å². The van der Waals surface area contributed by atoms with E-state index in [9.17, 15) is 9.59 Å². The number of nitrogens with zero attached hydrogens (tertiary/aromatic N) is 3. The van der Waals surface area contributed by atoms with E-state index in [-0.39, 0.29) is 12.2 Å². The largest absolute Gasteiger partial charge is 0.496 e. The molecule has 0 spiro atoms. The van der Waals surface area contributed by atoms with E-state index in [0.29, 0.717) is 54.3 Å². The summed E-state index contributed by atoms with van der Waals surface area (Å²) in [5, 5.41) is 1.34. The number of benzene rings is 2. The highest BCUT2D eigenvalue weighted by atomic mass is 79.9. The van der Waals surface area contributed by atoms with Crippen LogP contribution in [0.4, 0.5) is 0 Å². The molecule has 3 aromatic heterocycles. The molecule has 0 amide bonds. The Bertz CT molecular complexity index is 2020. The van der Waals surface area contributed by atoms with Gasteiger partial charge in [-0.1, -0.05) is 52.7 Å². The van der Waals surface area contributed by atoms with Crippen LogP contribution in [0.15, 0.2) is 94.8 Å². The van der Waals surface area contributed by atoms with Crippen molar-refractivity contribution in [2.45, 2.75) is 43.0 Å². The van der Waals surface area contributed by atoms with Gasteiger partial charge < -0.3 is 18.9 Å². The normalized spacial score (nSPS) is 15.1. The fourth-order valence-corrected chi connectivity index (χ4v) is 7.15. The van der Waals surface area contributed by atoms with Crippen LogP contribution in [0.25, 0.3) is 17.1 Å². The molecule has 0 saturated carbocycles. The Morgan fingerprint density at radius 1 is 1.21 bits per heavy atom. The molecule has 0 fully saturated rings. The number of imidazole rings is 1. The van der Waals surface area contributed by atoms with Gasteiger partial charge in [0.15, 0.2) is 15.1 Å². The van der Waals surface area contributed by atoms with Crippen LogP contribution in [-0.2, 0) is 9.53 Å². The van der Waals surface area contributed by atoms with Crippen molar-refractivity contribution in [3.8, 4) is 5.75 Å². The maximum Gasteiger partial charge on any atom is 0.338 e. The molecule has 6 rings (SSSR count). The van der Waals surface area contributed by atoms with Crippen molar-refractivity contribution in [3.63, 3.8) is 0 Å². The zero-order valence-corrected chi connectivity index (χ0v) is 26.8. The molecule has 12 heteroatoms. The summed E-state index contributed by atoms with van der Waals surface area (Å²) in [4.78, 5) is 40.7. The van der Waals surface area contributed by atoms with Crippen molar-refractivity contribution in [1.29, 1.82) is 0 Å². The third kappa shape index (κ3) is 5.74. The van der Waals surface area contributed by atoms with Crippen molar-refractivity contribution in [2.75, 3.05) is 13.7 Å². The van der Waals surface area contributed by atoms with E-state index in [2.05, 4.69) is 25.9 Å². The number of aromatic nitrogens is 3. The monoisotopic (exact) mass is 678 g/mol. The van der Waals surface area contributed by atoms with Gasteiger partial charge in [0.2, 0.25) is 0 Å². The number of methoxy groups -OCH3 is 1. The lowest BCUT2D eigenvalue weighted by Gasteiger charge is -2.27.